The van der Waals surface area contributed by atoms with Gasteiger partial charge in [-0.25, -0.2) is 9.78 Å². The molecule has 0 radical (unpaired) electrons. The second-order valence-corrected chi connectivity index (χ2v) is 9.96. The Hall–Kier alpha value is -4.58. The van der Waals surface area contributed by atoms with Crippen LogP contribution >= 0.6 is 0 Å². The predicted molar refractivity (Wildman–Crippen MR) is 151 cm³/mol. The van der Waals surface area contributed by atoms with E-state index in [-0.39, 0.29) is 5.56 Å². The predicted octanol–water partition coefficient (Wildman–Crippen LogP) is 7.67. The first-order valence-corrected chi connectivity index (χ1v) is 13.4. The molecule has 0 amide bonds. The maximum absolute atomic E-state index is 11.6. The second kappa shape index (κ2) is 11.0. The largest absolute Gasteiger partial charge is 0.485 e. The van der Waals surface area contributed by atoms with Crippen molar-refractivity contribution in [3.8, 4) is 22.9 Å². The molecular weight excluding hydrogens is 488 g/mol. The van der Waals surface area contributed by atoms with Crippen LogP contribution in [-0.4, -0.2) is 20.6 Å². The molecule has 5 aromatic rings. The number of carboxylic acid groups (broad SMARTS) is 1. The summed E-state index contributed by atoms with van der Waals surface area (Å²) < 4.78 is 14.8. The Morgan fingerprint density at radius 1 is 0.795 bits per heavy atom. The van der Waals surface area contributed by atoms with Crippen molar-refractivity contribution in [3.63, 3.8) is 0 Å². The van der Waals surface area contributed by atoms with Crippen LogP contribution in [0.3, 0.4) is 0 Å². The fraction of sp³-hybridized carbons (Fsp3) is 0.212. The summed E-state index contributed by atoms with van der Waals surface area (Å²) in [4.78, 5) is 16.6. The minimum absolute atomic E-state index is 0.238. The standard InChI is InChI=1S/C33H30N2O4/c36-33(37)26-15-17-29-28(19-26)34-32(35(29)27-13-7-8-14-27)25-16-18-30(38-21-23-9-3-1-4-10-23)31(20-25)39-22-24-11-5-2-6-12-24/h1-6,9-12,15-20,27H,7-8,13-14,21-22H2,(H,36,37). The van der Waals surface area contributed by atoms with Crippen LogP contribution in [0.4, 0.5) is 0 Å². The smallest absolute Gasteiger partial charge is 0.335 e. The quantitative estimate of drug-likeness (QED) is 0.217. The van der Waals surface area contributed by atoms with E-state index in [0.29, 0.717) is 36.3 Å². The first-order chi connectivity index (χ1) is 19.2. The number of nitrogens with zero attached hydrogens (tertiary/aromatic N) is 2. The van der Waals surface area contributed by atoms with Gasteiger partial charge in [0.25, 0.3) is 0 Å². The van der Waals surface area contributed by atoms with E-state index >= 15 is 0 Å². The molecule has 0 bridgehead atoms. The number of carbonyl (C=O) groups is 1. The van der Waals surface area contributed by atoms with Gasteiger partial charge in [-0.05, 0) is 60.4 Å². The molecule has 0 atom stereocenters. The molecule has 0 spiro atoms. The van der Waals surface area contributed by atoms with Gasteiger partial charge in [-0.3, -0.25) is 0 Å². The zero-order valence-corrected chi connectivity index (χ0v) is 21.6. The summed E-state index contributed by atoms with van der Waals surface area (Å²) in [6.07, 6.45) is 4.51. The normalized spacial score (nSPS) is 13.5. The molecule has 0 unspecified atom stereocenters. The van der Waals surface area contributed by atoms with Crippen LogP contribution in [0.1, 0.15) is 53.2 Å². The van der Waals surface area contributed by atoms with Gasteiger partial charge in [0.05, 0.1) is 16.6 Å². The van der Waals surface area contributed by atoms with Crippen molar-refractivity contribution in [3.05, 3.63) is 114 Å². The molecule has 0 aliphatic heterocycles. The summed E-state index contributed by atoms with van der Waals surface area (Å²) in [5, 5.41) is 9.54. The summed E-state index contributed by atoms with van der Waals surface area (Å²) in [6.45, 7) is 0.841. The molecule has 196 valence electrons. The first kappa shape index (κ1) is 24.7. The fourth-order valence-corrected chi connectivity index (χ4v) is 5.32. The number of benzene rings is 4. The summed E-state index contributed by atoms with van der Waals surface area (Å²) in [6, 6.07) is 31.6. The topological polar surface area (TPSA) is 73.6 Å². The number of fused-ring (bicyclic) bond motifs is 1. The molecule has 4 aromatic carbocycles. The van der Waals surface area contributed by atoms with E-state index < -0.39 is 5.97 Å². The lowest BCUT2D eigenvalue weighted by atomic mass is 10.1. The molecule has 1 aliphatic carbocycles. The summed E-state index contributed by atoms with van der Waals surface area (Å²) >= 11 is 0. The van der Waals surface area contributed by atoms with Crippen molar-refractivity contribution >= 4 is 17.0 Å². The third-order valence-electron chi connectivity index (χ3n) is 7.30. The zero-order chi connectivity index (χ0) is 26.6. The first-order valence-electron chi connectivity index (χ1n) is 13.4. The van der Waals surface area contributed by atoms with Crippen molar-refractivity contribution in [2.45, 2.75) is 44.9 Å². The van der Waals surface area contributed by atoms with Crippen LogP contribution in [0.2, 0.25) is 0 Å². The van der Waals surface area contributed by atoms with Crippen molar-refractivity contribution in [1.82, 2.24) is 9.55 Å². The average molecular weight is 519 g/mol. The number of carboxylic acids is 1. The van der Waals surface area contributed by atoms with E-state index in [1.807, 2.05) is 84.9 Å². The molecular formula is C33H30N2O4. The number of rotatable bonds is 9. The number of hydrogen-bond acceptors (Lipinski definition) is 4. The van der Waals surface area contributed by atoms with Crippen LogP contribution in [-0.2, 0) is 13.2 Å². The third-order valence-corrected chi connectivity index (χ3v) is 7.30. The maximum atomic E-state index is 11.6. The highest BCUT2D eigenvalue weighted by molar-refractivity contribution is 5.93. The number of imidazole rings is 1. The molecule has 1 fully saturated rings. The maximum Gasteiger partial charge on any atom is 0.335 e. The minimum atomic E-state index is -0.953. The van der Waals surface area contributed by atoms with Gasteiger partial charge in [-0.2, -0.15) is 0 Å². The molecule has 6 heteroatoms. The van der Waals surface area contributed by atoms with E-state index in [4.69, 9.17) is 14.5 Å². The number of hydrogen-bond donors (Lipinski definition) is 1. The molecule has 0 saturated heterocycles. The van der Waals surface area contributed by atoms with Crippen LogP contribution in [0.5, 0.6) is 11.5 Å². The summed E-state index contributed by atoms with van der Waals surface area (Å²) in [5.41, 5.74) is 4.93. The van der Waals surface area contributed by atoms with Gasteiger partial charge in [-0.1, -0.05) is 73.5 Å². The SMILES string of the molecule is O=C(O)c1ccc2c(c1)nc(-c1ccc(OCc3ccccc3)c(OCc3ccccc3)c1)n2C1CCCC1. The van der Waals surface area contributed by atoms with Gasteiger partial charge < -0.3 is 19.1 Å². The van der Waals surface area contributed by atoms with E-state index in [0.717, 1.165) is 40.9 Å². The lowest BCUT2D eigenvalue weighted by Gasteiger charge is -2.18. The van der Waals surface area contributed by atoms with E-state index in [1.165, 1.54) is 12.8 Å². The second-order valence-electron chi connectivity index (χ2n) is 9.96. The molecule has 1 aliphatic rings. The third kappa shape index (κ3) is 5.36. The zero-order valence-electron chi connectivity index (χ0n) is 21.6. The van der Waals surface area contributed by atoms with Gasteiger partial charge in [0.1, 0.15) is 19.0 Å². The molecule has 6 nitrogen and oxygen atoms in total. The van der Waals surface area contributed by atoms with Crippen molar-refractivity contribution in [2.24, 2.45) is 0 Å². The van der Waals surface area contributed by atoms with Crippen LogP contribution in [0.15, 0.2) is 97.1 Å². The van der Waals surface area contributed by atoms with E-state index in [2.05, 4.69) is 4.57 Å². The Labute approximate surface area is 227 Å². The fourth-order valence-electron chi connectivity index (χ4n) is 5.32. The number of ether oxygens (including phenoxy) is 2. The van der Waals surface area contributed by atoms with Gasteiger partial charge in [0.15, 0.2) is 11.5 Å². The van der Waals surface area contributed by atoms with Crippen molar-refractivity contribution in [2.75, 3.05) is 0 Å². The van der Waals surface area contributed by atoms with Gasteiger partial charge in [0, 0.05) is 11.6 Å². The lowest BCUT2D eigenvalue weighted by molar-refractivity contribution is 0.0697. The van der Waals surface area contributed by atoms with E-state index in [1.54, 1.807) is 12.1 Å². The highest BCUT2D eigenvalue weighted by Gasteiger charge is 2.24. The highest BCUT2D eigenvalue weighted by Crippen LogP contribution is 2.39. The molecule has 39 heavy (non-hydrogen) atoms. The van der Waals surface area contributed by atoms with Gasteiger partial charge in [-0.15, -0.1) is 0 Å². The summed E-state index contributed by atoms with van der Waals surface area (Å²) in [5.74, 6) is 1.17. The van der Waals surface area contributed by atoms with Crippen molar-refractivity contribution < 1.29 is 19.4 Å². The Balaban J connectivity index is 1.40. The Morgan fingerprint density at radius 3 is 2.08 bits per heavy atom. The van der Waals surface area contributed by atoms with Gasteiger partial charge in [0.2, 0.25) is 0 Å². The summed E-state index contributed by atoms with van der Waals surface area (Å²) in [7, 11) is 0. The van der Waals surface area contributed by atoms with E-state index in [9.17, 15) is 9.90 Å². The van der Waals surface area contributed by atoms with Crippen LogP contribution in [0, 0.1) is 0 Å². The molecule has 1 saturated carbocycles. The highest BCUT2D eigenvalue weighted by atomic mass is 16.5. The molecule has 1 heterocycles. The van der Waals surface area contributed by atoms with Crippen LogP contribution in [0.25, 0.3) is 22.4 Å². The number of aromatic carboxylic acids is 1. The molecule has 1 N–H and O–H groups in total. The Kier molecular flexibility index (Phi) is 7.00. The Morgan fingerprint density at radius 2 is 1.44 bits per heavy atom. The number of aromatic nitrogens is 2. The minimum Gasteiger partial charge on any atom is -0.485 e. The molecule has 1 aromatic heterocycles. The van der Waals surface area contributed by atoms with Gasteiger partial charge >= 0.3 is 5.97 Å². The van der Waals surface area contributed by atoms with Crippen LogP contribution < -0.4 is 9.47 Å². The monoisotopic (exact) mass is 518 g/mol. The van der Waals surface area contributed by atoms with Crippen molar-refractivity contribution in [1.29, 1.82) is 0 Å². The lowest BCUT2D eigenvalue weighted by Crippen LogP contribution is -2.07. The Bertz CT molecular complexity index is 1590. The average Bonchev–Trinajstić information content (AvgIpc) is 3.64. The molecule has 6 rings (SSSR count).